The van der Waals surface area contributed by atoms with E-state index in [0.717, 1.165) is 23.4 Å². The molecule has 19 heavy (non-hydrogen) atoms. The molecule has 0 unspecified atom stereocenters. The van der Waals surface area contributed by atoms with Crippen molar-refractivity contribution in [1.29, 1.82) is 0 Å². The molecule has 0 aliphatic heterocycles. The van der Waals surface area contributed by atoms with E-state index in [1.807, 2.05) is 6.92 Å². The number of hydrogen-bond donors (Lipinski definition) is 0. The lowest BCUT2D eigenvalue weighted by atomic mass is 10.3. The maximum absolute atomic E-state index is 12.3. The predicted molar refractivity (Wildman–Crippen MR) is 70.9 cm³/mol. The van der Waals surface area contributed by atoms with E-state index in [4.69, 9.17) is 0 Å². The highest BCUT2D eigenvalue weighted by Gasteiger charge is 2.31. The van der Waals surface area contributed by atoms with Crippen molar-refractivity contribution in [2.24, 2.45) is 0 Å². The summed E-state index contributed by atoms with van der Waals surface area (Å²) in [4.78, 5) is 5.14. The van der Waals surface area contributed by atoms with Crippen LogP contribution in [0.5, 0.6) is 0 Å². The Morgan fingerprint density at radius 1 is 1.47 bits per heavy atom. The molecule has 8 heteroatoms. The Labute approximate surface area is 115 Å². The van der Waals surface area contributed by atoms with Crippen molar-refractivity contribution >= 4 is 21.2 Å². The summed E-state index contributed by atoms with van der Waals surface area (Å²) in [5, 5.41) is 7.63. The van der Waals surface area contributed by atoms with Gasteiger partial charge in [-0.25, -0.2) is 13.4 Å². The molecule has 0 amide bonds. The van der Waals surface area contributed by atoms with Crippen LogP contribution in [0.4, 0.5) is 0 Å². The Kier molecular flexibility index (Phi) is 3.14. The quantitative estimate of drug-likeness (QED) is 0.833. The van der Waals surface area contributed by atoms with E-state index in [-0.39, 0.29) is 17.0 Å². The zero-order valence-corrected chi connectivity index (χ0v) is 12.1. The number of sulfone groups is 1. The van der Waals surface area contributed by atoms with Gasteiger partial charge in [0.15, 0.2) is 0 Å². The molecular formula is C11H14N4O2S2. The topological polar surface area (TPSA) is 77.7 Å². The third kappa shape index (κ3) is 2.55. The van der Waals surface area contributed by atoms with Crippen molar-refractivity contribution < 1.29 is 8.42 Å². The summed E-state index contributed by atoms with van der Waals surface area (Å²) in [5.74, 6) is 0.0570. The van der Waals surface area contributed by atoms with Gasteiger partial charge in [-0.15, -0.1) is 21.5 Å². The molecule has 1 aliphatic rings. The summed E-state index contributed by atoms with van der Waals surface area (Å²) in [5.41, 5.74) is 2.65. The minimum absolute atomic E-state index is 0.0570. The van der Waals surface area contributed by atoms with Crippen molar-refractivity contribution in [3.63, 3.8) is 0 Å². The SMILES string of the molecule is Cc1ncsc1CCS(=O)(=O)c1nncn1C1CC1. The molecule has 1 saturated carbocycles. The molecule has 0 aromatic carbocycles. The molecule has 2 aromatic rings. The molecule has 0 spiro atoms. The second kappa shape index (κ2) is 4.68. The van der Waals surface area contributed by atoms with E-state index in [1.165, 1.54) is 17.7 Å². The minimum Gasteiger partial charge on any atom is -0.301 e. The van der Waals surface area contributed by atoms with Crippen LogP contribution in [0.3, 0.4) is 0 Å². The fraction of sp³-hybridized carbons (Fsp3) is 0.545. The monoisotopic (exact) mass is 298 g/mol. The van der Waals surface area contributed by atoms with Crippen LogP contribution in [-0.2, 0) is 16.3 Å². The van der Waals surface area contributed by atoms with E-state index in [0.29, 0.717) is 6.42 Å². The Morgan fingerprint density at radius 3 is 2.89 bits per heavy atom. The first-order chi connectivity index (χ1) is 9.08. The average molecular weight is 298 g/mol. The van der Waals surface area contributed by atoms with Gasteiger partial charge in [0, 0.05) is 10.9 Å². The van der Waals surface area contributed by atoms with Crippen LogP contribution in [0.25, 0.3) is 0 Å². The number of aromatic nitrogens is 4. The van der Waals surface area contributed by atoms with Gasteiger partial charge >= 0.3 is 0 Å². The van der Waals surface area contributed by atoms with Gasteiger partial charge in [-0.3, -0.25) is 0 Å². The maximum atomic E-state index is 12.3. The molecule has 0 saturated heterocycles. The molecule has 1 fully saturated rings. The summed E-state index contributed by atoms with van der Waals surface area (Å²) in [6.07, 6.45) is 4.02. The largest absolute Gasteiger partial charge is 0.301 e. The lowest BCUT2D eigenvalue weighted by molar-refractivity contribution is 0.564. The van der Waals surface area contributed by atoms with Gasteiger partial charge < -0.3 is 4.57 Å². The molecule has 6 nitrogen and oxygen atoms in total. The number of aryl methyl sites for hydroxylation is 2. The zero-order chi connectivity index (χ0) is 13.5. The summed E-state index contributed by atoms with van der Waals surface area (Å²) in [7, 11) is -3.38. The number of nitrogens with zero attached hydrogens (tertiary/aromatic N) is 4. The van der Waals surface area contributed by atoms with Crippen molar-refractivity contribution in [3.8, 4) is 0 Å². The van der Waals surface area contributed by atoms with Crippen LogP contribution in [0.1, 0.15) is 29.5 Å². The number of rotatable bonds is 5. The highest BCUT2D eigenvalue weighted by molar-refractivity contribution is 7.91. The van der Waals surface area contributed by atoms with Crippen LogP contribution in [0.2, 0.25) is 0 Å². The highest BCUT2D eigenvalue weighted by Crippen LogP contribution is 2.36. The van der Waals surface area contributed by atoms with E-state index >= 15 is 0 Å². The first-order valence-electron chi connectivity index (χ1n) is 6.09. The molecule has 0 N–H and O–H groups in total. The standard InChI is InChI=1S/C11H14N4O2S2/c1-8-10(18-7-12-8)4-5-19(16,17)11-14-13-6-15(11)9-2-3-9/h6-7,9H,2-5H2,1H3. The van der Waals surface area contributed by atoms with Crippen molar-refractivity contribution in [1.82, 2.24) is 19.7 Å². The van der Waals surface area contributed by atoms with Crippen molar-refractivity contribution in [2.75, 3.05) is 5.75 Å². The second-order valence-corrected chi connectivity index (χ2v) is 7.62. The Bertz CT molecular complexity index is 685. The number of hydrogen-bond acceptors (Lipinski definition) is 6. The molecular weight excluding hydrogens is 284 g/mol. The van der Waals surface area contributed by atoms with Crippen LogP contribution in [0, 0.1) is 6.92 Å². The van der Waals surface area contributed by atoms with Crippen LogP contribution in [-0.4, -0.2) is 33.9 Å². The molecule has 0 bridgehead atoms. The van der Waals surface area contributed by atoms with E-state index in [9.17, 15) is 8.42 Å². The molecule has 3 rings (SSSR count). The van der Waals surface area contributed by atoms with Gasteiger partial charge in [-0.2, -0.15) is 0 Å². The van der Waals surface area contributed by atoms with Gasteiger partial charge in [-0.1, -0.05) is 0 Å². The molecule has 0 radical (unpaired) electrons. The van der Waals surface area contributed by atoms with E-state index in [2.05, 4.69) is 15.2 Å². The maximum Gasteiger partial charge on any atom is 0.249 e. The van der Waals surface area contributed by atoms with E-state index in [1.54, 1.807) is 10.1 Å². The van der Waals surface area contributed by atoms with Gasteiger partial charge in [0.05, 0.1) is 17.0 Å². The van der Waals surface area contributed by atoms with E-state index < -0.39 is 9.84 Å². The Balaban J connectivity index is 1.79. The molecule has 1 aliphatic carbocycles. The molecule has 2 heterocycles. The summed E-state index contributed by atoms with van der Waals surface area (Å²) < 4.78 is 26.3. The zero-order valence-electron chi connectivity index (χ0n) is 10.5. The van der Waals surface area contributed by atoms with Gasteiger partial charge in [0.25, 0.3) is 0 Å². The lowest BCUT2D eigenvalue weighted by Crippen LogP contribution is -2.15. The van der Waals surface area contributed by atoms with Gasteiger partial charge in [-0.05, 0) is 26.2 Å². The Hall–Kier alpha value is -1.28. The van der Waals surface area contributed by atoms with Crippen LogP contribution < -0.4 is 0 Å². The third-order valence-electron chi connectivity index (χ3n) is 3.20. The fourth-order valence-corrected chi connectivity index (χ4v) is 4.20. The molecule has 2 aromatic heterocycles. The summed E-state index contributed by atoms with van der Waals surface area (Å²) >= 11 is 1.49. The van der Waals surface area contributed by atoms with Gasteiger partial charge in [0.2, 0.25) is 15.0 Å². The predicted octanol–water partition coefficient (Wildman–Crippen LogP) is 1.39. The normalized spacial score (nSPS) is 15.8. The summed E-state index contributed by atoms with van der Waals surface area (Å²) in [6.45, 7) is 1.89. The number of thiazole rings is 1. The smallest absolute Gasteiger partial charge is 0.249 e. The molecule has 102 valence electrons. The van der Waals surface area contributed by atoms with Crippen molar-refractivity contribution in [3.05, 3.63) is 22.4 Å². The highest BCUT2D eigenvalue weighted by atomic mass is 32.2. The molecule has 0 atom stereocenters. The first kappa shape index (κ1) is 12.7. The fourth-order valence-electron chi connectivity index (χ4n) is 1.94. The van der Waals surface area contributed by atoms with Crippen LogP contribution >= 0.6 is 11.3 Å². The summed E-state index contributed by atoms with van der Waals surface area (Å²) in [6, 6.07) is 0.268. The van der Waals surface area contributed by atoms with Crippen molar-refractivity contribution in [2.45, 2.75) is 37.4 Å². The van der Waals surface area contributed by atoms with Gasteiger partial charge in [0.1, 0.15) is 6.33 Å². The Morgan fingerprint density at radius 2 is 2.26 bits per heavy atom. The average Bonchev–Trinajstić information content (AvgIpc) is 2.94. The minimum atomic E-state index is -3.38. The third-order valence-corrected chi connectivity index (χ3v) is 5.79. The van der Waals surface area contributed by atoms with Crippen LogP contribution in [0.15, 0.2) is 17.0 Å². The first-order valence-corrected chi connectivity index (χ1v) is 8.62. The lowest BCUT2D eigenvalue weighted by Gasteiger charge is -2.05. The second-order valence-electron chi connectivity index (χ2n) is 4.68.